The van der Waals surface area contributed by atoms with E-state index in [4.69, 9.17) is 4.74 Å². The van der Waals surface area contributed by atoms with Gasteiger partial charge in [-0.3, -0.25) is 9.69 Å². The molecule has 120 valence electrons. The normalized spacial score (nSPS) is 16.2. The van der Waals surface area contributed by atoms with Gasteiger partial charge in [-0.2, -0.15) is 5.10 Å². The van der Waals surface area contributed by atoms with Gasteiger partial charge in [-0.25, -0.2) is 5.43 Å². The Labute approximate surface area is 132 Å². The first-order valence-corrected chi connectivity index (χ1v) is 7.68. The zero-order valence-electron chi connectivity index (χ0n) is 13.9. The molecule has 0 spiro atoms. The molecule has 2 rings (SSSR count). The predicted molar refractivity (Wildman–Crippen MR) is 88.4 cm³/mol. The standard InChI is InChI=1S/C17H25N3O2/c1-12-9-13(2)15(4)16(14(12)3)10-18-19-17(21)11-20-5-7-22-8-6-20/h9-10H,5-8,11H2,1-4H3,(H,19,21)/b18-10+. The van der Waals surface area contributed by atoms with E-state index >= 15 is 0 Å². The molecule has 1 heterocycles. The lowest BCUT2D eigenvalue weighted by Crippen LogP contribution is -2.42. The zero-order valence-corrected chi connectivity index (χ0v) is 13.9. The van der Waals surface area contributed by atoms with Gasteiger partial charge in [0.2, 0.25) is 0 Å². The van der Waals surface area contributed by atoms with Crippen LogP contribution in [0.5, 0.6) is 0 Å². The Hall–Kier alpha value is -1.72. The Balaban J connectivity index is 1.96. The molecule has 1 fully saturated rings. The molecule has 1 saturated heterocycles. The average Bonchev–Trinajstić information content (AvgIpc) is 2.50. The van der Waals surface area contributed by atoms with E-state index in [2.05, 4.69) is 49.2 Å². The summed E-state index contributed by atoms with van der Waals surface area (Å²) in [7, 11) is 0. The predicted octanol–water partition coefficient (Wildman–Crippen LogP) is 1.70. The van der Waals surface area contributed by atoms with Crippen molar-refractivity contribution in [2.45, 2.75) is 27.7 Å². The Morgan fingerprint density at radius 1 is 1.23 bits per heavy atom. The third-order valence-corrected chi connectivity index (χ3v) is 4.28. The highest BCUT2D eigenvalue weighted by Crippen LogP contribution is 2.19. The molecule has 0 radical (unpaired) electrons. The maximum absolute atomic E-state index is 11.9. The molecular formula is C17H25N3O2. The van der Waals surface area contributed by atoms with Gasteiger partial charge in [-0.15, -0.1) is 0 Å². The smallest absolute Gasteiger partial charge is 0.254 e. The number of hydrogen-bond acceptors (Lipinski definition) is 4. The van der Waals surface area contributed by atoms with Crippen LogP contribution in [0.25, 0.3) is 0 Å². The first kappa shape index (κ1) is 16.6. The zero-order chi connectivity index (χ0) is 16.1. The molecule has 0 aliphatic carbocycles. The van der Waals surface area contributed by atoms with Gasteiger partial charge in [-0.1, -0.05) is 6.07 Å². The van der Waals surface area contributed by atoms with Crippen LogP contribution in [0.3, 0.4) is 0 Å². The molecule has 1 aromatic rings. The molecule has 0 saturated carbocycles. The van der Waals surface area contributed by atoms with Crippen LogP contribution < -0.4 is 5.43 Å². The van der Waals surface area contributed by atoms with E-state index in [1.807, 2.05) is 0 Å². The molecule has 1 amide bonds. The van der Waals surface area contributed by atoms with E-state index in [1.54, 1.807) is 6.21 Å². The topological polar surface area (TPSA) is 53.9 Å². The summed E-state index contributed by atoms with van der Waals surface area (Å²) in [6.45, 7) is 11.7. The second-order valence-corrected chi connectivity index (χ2v) is 5.86. The van der Waals surface area contributed by atoms with Gasteiger partial charge >= 0.3 is 0 Å². The fourth-order valence-electron chi connectivity index (χ4n) is 2.61. The van der Waals surface area contributed by atoms with Crippen LogP contribution in [0.15, 0.2) is 11.2 Å². The van der Waals surface area contributed by atoms with Crippen molar-refractivity contribution in [2.24, 2.45) is 5.10 Å². The van der Waals surface area contributed by atoms with E-state index in [1.165, 1.54) is 22.3 Å². The van der Waals surface area contributed by atoms with Crippen molar-refractivity contribution in [3.05, 3.63) is 33.9 Å². The molecule has 5 nitrogen and oxygen atoms in total. The van der Waals surface area contributed by atoms with Gasteiger partial charge in [0.1, 0.15) is 0 Å². The quantitative estimate of drug-likeness (QED) is 0.680. The van der Waals surface area contributed by atoms with Crippen molar-refractivity contribution in [1.82, 2.24) is 10.3 Å². The third kappa shape index (κ3) is 4.15. The summed E-state index contributed by atoms with van der Waals surface area (Å²) in [6, 6.07) is 2.18. The number of amides is 1. The second-order valence-electron chi connectivity index (χ2n) is 5.86. The lowest BCUT2D eigenvalue weighted by Gasteiger charge is -2.25. The van der Waals surface area contributed by atoms with Crippen molar-refractivity contribution in [3.63, 3.8) is 0 Å². The number of carbonyl (C=O) groups excluding carboxylic acids is 1. The SMILES string of the molecule is Cc1cc(C)c(C)c(/C=N/NC(=O)CN2CCOCC2)c1C. The number of hydrazone groups is 1. The molecule has 1 aromatic carbocycles. The second kappa shape index (κ2) is 7.51. The van der Waals surface area contributed by atoms with E-state index in [9.17, 15) is 4.79 Å². The highest BCUT2D eigenvalue weighted by molar-refractivity contribution is 5.86. The first-order valence-electron chi connectivity index (χ1n) is 7.68. The van der Waals surface area contributed by atoms with Gasteiger partial charge < -0.3 is 4.74 Å². The van der Waals surface area contributed by atoms with Crippen LogP contribution in [-0.2, 0) is 9.53 Å². The summed E-state index contributed by atoms with van der Waals surface area (Å²) in [6.07, 6.45) is 1.75. The fraction of sp³-hybridized carbons (Fsp3) is 0.529. The van der Waals surface area contributed by atoms with E-state index in [-0.39, 0.29) is 5.91 Å². The lowest BCUT2D eigenvalue weighted by atomic mass is 9.95. The summed E-state index contributed by atoms with van der Waals surface area (Å²) in [5, 5.41) is 4.13. The first-order chi connectivity index (χ1) is 10.5. The number of benzene rings is 1. The number of nitrogens with one attached hydrogen (secondary N) is 1. The van der Waals surface area contributed by atoms with Crippen molar-refractivity contribution in [3.8, 4) is 0 Å². The molecule has 5 heteroatoms. The summed E-state index contributed by atoms with van der Waals surface area (Å²) in [5.41, 5.74) is 8.59. The van der Waals surface area contributed by atoms with Gasteiger partial charge in [0.25, 0.3) is 5.91 Å². The van der Waals surface area contributed by atoms with Gasteiger partial charge in [0.05, 0.1) is 26.0 Å². The summed E-state index contributed by atoms with van der Waals surface area (Å²) < 4.78 is 5.27. The molecule has 1 aliphatic heterocycles. The maximum atomic E-state index is 11.9. The van der Waals surface area contributed by atoms with Crippen molar-refractivity contribution in [2.75, 3.05) is 32.8 Å². The van der Waals surface area contributed by atoms with E-state index in [0.717, 1.165) is 18.7 Å². The van der Waals surface area contributed by atoms with Crippen LogP contribution in [0.2, 0.25) is 0 Å². The molecule has 0 atom stereocenters. The Bertz CT molecular complexity index is 550. The molecule has 1 N–H and O–H groups in total. The number of rotatable bonds is 4. The van der Waals surface area contributed by atoms with Crippen LogP contribution >= 0.6 is 0 Å². The van der Waals surface area contributed by atoms with Crippen LogP contribution in [0.1, 0.15) is 27.8 Å². The van der Waals surface area contributed by atoms with Crippen molar-refractivity contribution < 1.29 is 9.53 Å². The summed E-state index contributed by atoms with van der Waals surface area (Å²) in [4.78, 5) is 14.0. The van der Waals surface area contributed by atoms with Crippen molar-refractivity contribution >= 4 is 12.1 Å². The highest BCUT2D eigenvalue weighted by Gasteiger charge is 2.13. The van der Waals surface area contributed by atoms with Crippen molar-refractivity contribution in [1.29, 1.82) is 0 Å². The molecule has 0 aromatic heterocycles. The number of hydrogen-bond donors (Lipinski definition) is 1. The lowest BCUT2D eigenvalue weighted by molar-refractivity contribution is -0.123. The van der Waals surface area contributed by atoms with E-state index < -0.39 is 0 Å². The fourth-order valence-corrected chi connectivity index (χ4v) is 2.61. The largest absolute Gasteiger partial charge is 0.379 e. The van der Waals surface area contributed by atoms with Gasteiger partial charge in [-0.05, 0) is 49.9 Å². The minimum absolute atomic E-state index is 0.0853. The number of nitrogens with zero attached hydrogens (tertiary/aromatic N) is 2. The number of aryl methyl sites for hydroxylation is 2. The average molecular weight is 303 g/mol. The monoisotopic (exact) mass is 303 g/mol. The van der Waals surface area contributed by atoms with Gasteiger partial charge in [0, 0.05) is 18.7 Å². The van der Waals surface area contributed by atoms with Crippen LogP contribution in [-0.4, -0.2) is 49.9 Å². The van der Waals surface area contributed by atoms with Crippen LogP contribution in [0, 0.1) is 27.7 Å². The minimum Gasteiger partial charge on any atom is -0.379 e. The van der Waals surface area contributed by atoms with Crippen LogP contribution in [0.4, 0.5) is 0 Å². The number of morpholine rings is 1. The highest BCUT2D eigenvalue weighted by atomic mass is 16.5. The molecule has 0 unspecified atom stereocenters. The summed E-state index contributed by atoms with van der Waals surface area (Å²) in [5.74, 6) is -0.0853. The molecular weight excluding hydrogens is 278 g/mol. The minimum atomic E-state index is -0.0853. The number of carbonyl (C=O) groups is 1. The molecule has 22 heavy (non-hydrogen) atoms. The van der Waals surface area contributed by atoms with E-state index in [0.29, 0.717) is 19.8 Å². The maximum Gasteiger partial charge on any atom is 0.254 e. The number of ether oxygens (including phenoxy) is 1. The third-order valence-electron chi connectivity index (χ3n) is 4.28. The Morgan fingerprint density at radius 3 is 2.41 bits per heavy atom. The Morgan fingerprint density at radius 2 is 1.82 bits per heavy atom. The molecule has 0 bridgehead atoms. The Kier molecular flexibility index (Phi) is 5.69. The summed E-state index contributed by atoms with van der Waals surface area (Å²) >= 11 is 0. The van der Waals surface area contributed by atoms with Gasteiger partial charge in [0.15, 0.2) is 0 Å². The molecule has 1 aliphatic rings.